The number of aryl methyl sites for hydroxylation is 1. The number of pyridine rings is 1. The van der Waals surface area contributed by atoms with Crippen molar-refractivity contribution >= 4 is 17.6 Å². The van der Waals surface area contributed by atoms with Crippen LogP contribution in [0, 0.1) is 0 Å². The van der Waals surface area contributed by atoms with Crippen LogP contribution in [0.15, 0.2) is 53.1 Å². The fraction of sp³-hybridized carbons (Fsp3) is 0.250. The van der Waals surface area contributed by atoms with E-state index in [4.69, 9.17) is 4.42 Å². The van der Waals surface area contributed by atoms with Gasteiger partial charge < -0.3 is 9.73 Å². The third kappa shape index (κ3) is 3.62. The highest BCUT2D eigenvalue weighted by atomic mass is 16.4. The van der Waals surface area contributed by atoms with Crippen LogP contribution < -0.4 is 10.2 Å². The lowest BCUT2D eigenvalue weighted by Gasteiger charge is -2.20. The lowest BCUT2D eigenvalue weighted by molar-refractivity contribution is -0.120. The first-order valence-corrected chi connectivity index (χ1v) is 9.00. The summed E-state index contributed by atoms with van der Waals surface area (Å²) >= 11 is 0. The van der Waals surface area contributed by atoms with Crippen LogP contribution in [-0.4, -0.2) is 40.1 Å². The maximum atomic E-state index is 12.7. The maximum absolute atomic E-state index is 12.7. The standard InChI is InChI=1S/C20H19N5O3/c1-25-17-14(8-5-11-21-17)9-10-15(20(25)27)22-18(26)19-24-23-16(28-19)12-13-6-3-2-4-7-13/h2-8,11,15H,9-10,12H2,1H3,(H,22,26). The minimum Gasteiger partial charge on any atom is -0.417 e. The molecule has 4 rings (SSSR count). The fourth-order valence-corrected chi connectivity index (χ4v) is 3.23. The monoisotopic (exact) mass is 377 g/mol. The smallest absolute Gasteiger partial charge is 0.309 e. The highest BCUT2D eigenvalue weighted by Crippen LogP contribution is 2.23. The number of amides is 2. The van der Waals surface area contributed by atoms with Crippen LogP contribution in [0.3, 0.4) is 0 Å². The first kappa shape index (κ1) is 17.8. The van der Waals surface area contributed by atoms with Gasteiger partial charge in [-0.15, -0.1) is 10.2 Å². The molecule has 8 nitrogen and oxygen atoms in total. The quantitative estimate of drug-likeness (QED) is 0.743. The van der Waals surface area contributed by atoms with Crippen molar-refractivity contribution < 1.29 is 14.0 Å². The number of anilines is 1. The van der Waals surface area contributed by atoms with Crippen LogP contribution in [-0.2, 0) is 17.6 Å². The summed E-state index contributed by atoms with van der Waals surface area (Å²) in [6.07, 6.45) is 3.19. The number of nitrogens with zero attached hydrogens (tertiary/aromatic N) is 4. The number of rotatable bonds is 4. The van der Waals surface area contributed by atoms with E-state index >= 15 is 0 Å². The third-order valence-electron chi connectivity index (χ3n) is 4.68. The zero-order chi connectivity index (χ0) is 19.5. The Hall–Kier alpha value is -3.55. The second-order valence-corrected chi connectivity index (χ2v) is 6.61. The Labute approximate surface area is 161 Å². The molecule has 1 atom stereocenters. The van der Waals surface area contributed by atoms with Gasteiger partial charge in [-0.2, -0.15) is 0 Å². The van der Waals surface area contributed by atoms with Crippen molar-refractivity contribution in [3.8, 4) is 0 Å². The molecular formula is C20H19N5O3. The maximum Gasteiger partial charge on any atom is 0.309 e. The summed E-state index contributed by atoms with van der Waals surface area (Å²) < 4.78 is 5.47. The van der Waals surface area contributed by atoms with E-state index in [9.17, 15) is 9.59 Å². The van der Waals surface area contributed by atoms with Gasteiger partial charge in [0, 0.05) is 13.2 Å². The van der Waals surface area contributed by atoms with Crippen LogP contribution in [0.25, 0.3) is 0 Å². The summed E-state index contributed by atoms with van der Waals surface area (Å²) in [5, 5.41) is 10.5. The summed E-state index contributed by atoms with van der Waals surface area (Å²) in [7, 11) is 1.66. The first-order chi connectivity index (χ1) is 13.6. The van der Waals surface area contributed by atoms with E-state index in [2.05, 4.69) is 20.5 Å². The van der Waals surface area contributed by atoms with E-state index in [-0.39, 0.29) is 11.8 Å². The number of fused-ring (bicyclic) bond motifs is 1. The van der Waals surface area contributed by atoms with Gasteiger partial charge in [0.2, 0.25) is 11.8 Å². The molecule has 0 radical (unpaired) electrons. The van der Waals surface area contributed by atoms with E-state index in [0.29, 0.717) is 31.0 Å². The van der Waals surface area contributed by atoms with Crippen LogP contribution in [0.2, 0.25) is 0 Å². The summed E-state index contributed by atoms with van der Waals surface area (Å²) in [5.41, 5.74) is 1.97. The van der Waals surface area contributed by atoms with Crippen molar-refractivity contribution in [2.24, 2.45) is 0 Å². The average Bonchev–Trinajstić information content (AvgIpc) is 3.15. The number of likely N-dealkylation sites (N-methyl/N-ethyl adjacent to an activating group) is 1. The predicted octanol–water partition coefficient (Wildman–Crippen LogP) is 1.76. The molecule has 1 N–H and O–H groups in total. The SMILES string of the molecule is CN1C(=O)C(NC(=O)c2nnc(Cc3ccccc3)o2)CCc2cccnc21. The zero-order valence-corrected chi connectivity index (χ0v) is 15.3. The molecule has 3 heterocycles. The minimum absolute atomic E-state index is 0.152. The van der Waals surface area contributed by atoms with Gasteiger partial charge >= 0.3 is 11.8 Å². The number of carbonyl (C=O) groups is 2. The molecule has 0 saturated heterocycles. The van der Waals surface area contributed by atoms with Crippen LogP contribution in [0.5, 0.6) is 0 Å². The molecule has 1 aromatic carbocycles. The summed E-state index contributed by atoms with van der Waals surface area (Å²) in [4.78, 5) is 31.0. The number of carbonyl (C=O) groups excluding carboxylic acids is 2. The van der Waals surface area contributed by atoms with Crippen molar-refractivity contribution in [3.63, 3.8) is 0 Å². The number of hydrogen-bond acceptors (Lipinski definition) is 6. The molecule has 28 heavy (non-hydrogen) atoms. The molecular weight excluding hydrogens is 358 g/mol. The van der Waals surface area contributed by atoms with Crippen molar-refractivity contribution in [1.82, 2.24) is 20.5 Å². The number of hydrogen-bond donors (Lipinski definition) is 1. The summed E-state index contributed by atoms with van der Waals surface area (Å²) in [6.45, 7) is 0. The Morgan fingerprint density at radius 2 is 2.04 bits per heavy atom. The molecule has 0 spiro atoms. The molecule has 0 fully saturated rings. The fourth-order valence-electron chi connectivity index (χ4n) is 3.23. The average molecular weight is 377 g/mol. The van der Waals surface area contributed by atoms with Gasteiger partial charge in [-0.25, -0.2) is 4.98 Å². The molecule has 2 amide bonds. The van der Waals surface area contributed by atoms with Crippen molar-refractivity contribution in [2.75, 3.05) is 11.9 Å². The van der Waals surface area contributed by atoms with Gasteiger partial charge in [0.1, 0.15) is 11.9 Å². The van der Waals surface area contributed by atoms with Crippen LogP contribution >= 0.6 is 0 Å². The lowest BCUT2D eigenvalue weighted by atomic mass is 10.1. The normalized spacial score (nSPS) is 16.4. The van der Waals surface area contributed by atoms with E-state index < -0.39 is 11.9 Å². The van der Waals surface area contributed by atoms with Crippen molar-refractivity contribution in [2.45, 2.75) is 25.3 Å². The molecule has 1 aliphatic heterocycles. The van der Waals surface area contributed by atoms with E-state index in [1.165, 1.54) is 4.90 Å². The van der Waals surface area contributed by atoms with Gasteiger partial charge in [0.15, 0.2) is 0 Å². The molecule has 1 unspecified atom stereocenters. The van der Waals surface area contributed by atoms with E-state index in [1.807, 2.05) is 42.5 Å². The van der Waals surface area contributed by atoms with E-state index in [1.54, 1.807) is 13.2 Å². The van der Waals surface area contributed by atoms with Crippen LogP contribution in [0.4, 0.5) is 5.82 Å². The van der Waals surface area contributed by atoms with Crippen LogP contribution in [0.1, 0.15) is 34.1 Å². The topological polar surface area (TPSA) is 101 Å². The second-order valence-electron chi connectivity index (χ2n) is 6.61. The largest absolute Gasteiger partial charge is 0.417 e. The highest BCUT2D eigenvalue weighted by Gasteiger charge is 2.31. The molecule has 1 aliphatic rings. The van der Waals surface area contributed by atoms with Crippen molar-refractivity contribution in [1.29, 1.82) is 0 Å². The molecule has 3 aromatic rings. The van der Waals surface area contributed by atoms with Crippen molar-refractivity contribution in [3.05, 3.63) is 71.6 Å². The van der Waals surface area contributed by atoms with Gasteiger partial charge in [-0.05, 0) is 30.0 Å². The van der Waals surface area contributed by atoms with Gasteiger partial charge in [0.05, 0.1) is 6.42 Å². The summed E-state index contributed by atoms with van der Waals surface area (Å²) in [6, 6.07) is 12.7. The Bertz CT molecular complexity index is 1000. The van der Waals surface area contributed by atoms with Gasteiger partial charge in [-0.3, -0.25) is 14.5 Å². The molecule has 8 heteroatoms. The van der Waals surface area contributed by atoms with Gasteiger partial charge in [0.25, 0.3) is 0 Å². The Kier molecular flexibility index (Phi) is 4.84. The zero-order valence-electron chi connectivity index (χ0n) is 15.3. The number of nitrogens with one attached hydrogen (secondary N) is 1. The van der Waals surface area contributed by atoms with E-state index in [0.717, 1.165) is 11.1 Å². The Balaban J connectivity index is 1.45. The molecule has 0 aliphatic carbocycles. The lowest BCUT2D eigenvalue weighted by Crippen LogP contribution is -2.47. The summed E-state index contributed by atoms with van der Waals surface area (Å²) in [5.74, 6) is 0.0259. The molecule has 0 saturated carbocycles. The number of benzene rings is 1. The Morgan fingerprint density at radius 3 is 2.86 bits per heavy atom. The highest BCUT2D eigenvalue weighted by molar-refractivity contribution is 6.01. The molecule has 0 bridgehead atoms. The minimum atomic E-state index is -0.684. The Morgan fingerprint density at radius 1 is 1.21 bits per heavy atom. The predicted molar refractivity (Wildman–Crippen MR) is 101 cm³/mol. The molecule has 142 valence electrons. The number of aromatic nitrogens is 3. The molecule has 2 aromatic heterocycles. The first-order valence-electron chi connectivity index (χ1n) is 9.00. The second kappa shape index (κ2) is 7.59. The van der Waals surface area contributed by atoms with Gasteiger partial charge in [-0.1, -0.05) is 36.4 Å². The third-order valence-corrected chi connectivity index (χ3v) is 4.68.